The standard InChI is InChI=1S/C28H31N3O2/c1-5-22-16-23(13-12-19(22)3)25(17-27(32)33-18-21-10-8-7-9-11-21)24-14-15-26-28(20(24)4)29-30-31(26)6-2/h7-16,25H,5-6,17-18H2,1-4H3. The van der Waals surface area contributed by atoms with Crippen molar-refractivity contribution in [3.05, 3.63) is 94.0 Å². The smallest absolute Gasteiger partial charge is 0.307 e. The molecule has 33 heavy (non-hydrogen) atoms. The number of aryl methyl sites for hydroxylation is 4. The number of fused-ring (bicyclic) bond motifs is 1. The Morgan fingerprint density at radius 3 is 2.55 bits per heavy atom. The van der Waals surface area contributed by atoms with Crippen LogP contribution in [0.2, 0.25) is 0 Å². The molecule has 4 rings (SSSR count). The summed E-state index contributed by atoms with van der Waals surface area (Å²) in [6.07, 6.45) is 1.22. The predicted octanol–water partition coefficient (Wildman–Crippen LogP) is 5.90. The van der Waals surface area contributed by atoms with E-state index in [9.17, 15) is 4.79 Å². The van der Waals surface area contributed by atoms with Gasteiger partial charge in [0.15, 0.2) is 0 Å². The van der Waals surface area contributed by atoms with Crippen LogP contribution >= 0.6 is 0 Å². The van der Waals surface area contributed by atoms with Crippen molar-refractivity contribution in [1.29, 1.82) is 0 Å². The fourth-order valence-electron chi connectivity index (χ4n) is 4.45. The van der Waals surface area contributed by atoms with Gasteiger partial charge in [-0.15, -0.1) is 5.10 Å². The highest BCUT2D eigenvalue weighted by Gasteiger charge is 2.23. The fraction of sp³-hybridized carbons (Fsp3) is 0.321. The van der Waals surface area contributed by atoms with Crippen molar-refractivity contribution < 1.29 is 9.53 Å². The first-order valence-corrected chi connectivity index (χ1v) is 11.6. The van der Waals surface area contributed by atoms with Crippen molar-refractivity contribution in [3.63, 3.8) is 0 Å². The minimum absolute atomic E-state index is 0.115. The highest BCUT2D eigenvalue weighted by Crippen LogP contribution is 2.34. The minimum Gasteiger partial charge on any atom is -0.461 e. The van der Waals surface area contributed by atoms with Gasteiger partial charge in [-0.2, -0.15) is 0 Å². The maximum absolute atomic E-state index is 13.0. The molecule has 1 atom stereocenters. The van der Waals surface area contributed by atoms with E-state index in [0.717, 1.165) is 46.3 Å². The maximum Gasteiger partial charge on any atom is 0.307 e. The zero-order valence-corrected chi connectivity index (χ0v) is 19.8. The number of ether oxygens (including phenoxy) is 1. The lowest BCUT2D eigenvalue weighted by atomic mass is 9.84. The van der Waals surface area contributed by atoms with E-state index in [-0.39, 0.29) is 24.9 Å². The molecule has 4 aromatic rings. The largest absolute Gasteiger partial charge is 0.461 e. The molecule has 0 saturated heterocycles. The number of hydrogen-bond donors (Lipinski definition) is 0. The number of carbonyl (C=O) groups is 1. The van der Waals surface area contributed by atoms with Gasteiger partial charge in [-0.25, -0.2) is 4.68 Å². The molecular formula is C28H31N3O2. The Morgan fingerprint density at radius 1 is 1.03 bits per heavy atom. The van der Waals surface area contributed by atoms with Gasteiger partial charge in [-0.3, -0.25) is 4.79 Å². The van der Waals surface area contributed by atoms with E-state index < -0.39 is 0 Å². The van der Waals surface area contributed by atoms with Crippen LogP contribution in [0.5, 0.6) is 0 Å². The number of esters is 1. The van der Waals surface area contributed by atoms with E-state index in [1.165, 1.54) is 11.1 Å². The van der Waals surface area contributed by atoms with Gasteiger partial charge in [0.2, 0.25) is 0 Å². The highest BCUT2D eigenvalue weighted by atomic mass is 16.5. The molecule has 0 spiro atoms. The summed E-state index contributed by atoms with van der Waals surface area (Å²) in [6.45, 7) is 9.47. The molecule has 5 heteroatoms. The van der Waals surface area contributed by atoms with Crippen molar-refractivity contribution in [2.24, 2.45) is 0 Å². The lowest BCUT2D eigenvalue weighted by Gasteiger charge is -2.21. The molecule has 0 aliphatic heterocycles. The zero-order valence-electron chi connectivity index (χ0n) is 19.8. The summed E-state index contributed by atoms with van der Waals surface area (Å²) in [4.78, 5) is 13.0. The Morgan fingerprint density at radius 2 is 1.82 bits per heavy atom. The highest BCUT2D eigenvalue weighted by molar-refractivity contribution is 5.80. The van der Waals surface area contributed by atoms with Gasteiger partial charge in [0, 0.05) is 12.5 Å². The zero-order chi connectivity index (χ0) is 23.4. The van der Waals surface area contributed by atoms with Gasteiger partial charge in [0.1, 0.15) is 12.1 Å². The maximum atomic E-state index is 13.0. The van der Waals surface area contributed by atoms with Crippen LogP contribution < -0.4 is 0 Å². The predicted molar refractivity (Wildman–Crippen MR) is 131 cm³/mol. The van der Waals surface area contributed by atoms with E-state index >= 15 is 0 Å². The van der Waals surface area contributed by atoms with E-state index in [0.29, 0.717) is 0 Å². The fourth-order valence-corrected chi connectivity index (χ4v) is 4.45. The van der Waals surface area contributed by atoms with Crippen LogP contribution in [0.25, 0.3) is 11.0 Å². The molecule has 0 aliphatic carbocycles. The molecule has 170 valence electrons. The molecule has 0 fully saturated rings. The molecule has 1 aromatic heterocycles. The second-order valence-electron chi connectivity index (χ2n) is 8.50. The Bertz CT molecular complexity index is 1260. The topological polar surface area (TPSA) is 57.0 Å². The van der Waals surface area contributed by atoms with Crippen LogP contribution in [0, 0.1) is 13.8 Å². The van der Waals surface area contributed by atoms with Crippen LogP contribution in [0.3, 0.4) is 0 Å². The normalized spacial score (nSPS) is 12.1. The Balaban J connectivity index is 1.69. The van der Waals surface area contributed by atoms with Crippen LogP contribution in [0.4, 0.5) is 0 Å². The second-order valence-corrected chi connectivity index (χ2v) is 8.50. The van der Waals surface area contributed by atoms with Crippen molar-refractivity contribution in [2.45, 2.75) is 59.6 Å². The molecule has 5 nitrogen and oxygen atoms in total. The van der Waals surface area contributed by atoms with Crippen LogP contribution in [-0.4, -0.2) is 21.0 Å². The molecule has 1 heterocycles. The summed E-state index contributed by atoms with van der Waals surface area (Å²) in [6, 6.07) is 20.5. The lowest BCUT2D eigenvalue weighted by Crippen LogP contribution is -2.13. The van der Waals surface area contributed by atoms with Crippen LogP contribution in [-0.2, 0) is 29.1 Å². The first-order chi connectivity index (χ1) is 16.0. The molecule has 0 N–H and O–H groups in total. The molecule has 1 unspecified atom stereocenters. The summed E-state index contributed by atoms with van der Waals surface area (Å²) in [5.41, 5.74) is 8.73. The van der Waals surface area contributed by atoms with Gasteiger partial charge in [0.25, 0.3) is 0 Å². The van der Waals surface area contributed by atoms with E-state index in [1.807, 2.05) is 35.0 Å². The summed E-state index contributed by atoms with van der Waals surface area (Å²) < 4.78 is 7.56. The number of aromatic nitrogens is 3. The first-order valence-electron chi connectivity index (χ1n) is 11.6. The minimum atomic E-state index is -0.209. The molecular weight excluding hydrogens is 410 g/mol. The summed E-state index contributed by atoms with van der Waals surface area (Å²) in [7, 11) is 0. The van der Waals surface area contributed by atoms with Gasteiger partial charge in [0.05, 0.1) is 11.9 Å². The molecule has 0 radical (unpaired) electrons. The van der Waals surface area contributed by atoms with Crippen LogP contribution in [0.1, 0.15) is 59.6 Å². The molecule has 3 aromatic carbocycles. The average molecular weight is 442 g/mol. The molecule has 0 bridgehead atoms. The number of benzene rings is 3. The van der Waals surface area contributed by atoms with E-state index in [1.54, 1.807) is 0 Å². The number of hydrogen-bond acceptors (Lipinski definition) is 4. The van der Waals surface area contributed by atoms with Crippen LogP contribution in [0.15, 0.2) is 60.7 Å². The SMILES string of the molecule is CCc1cc(C(CC(=O)OCc2ccccc2)c2ccc3c(nnn3CC)c2C)ccc1C. The summed E-state index contributed by atoms with van der Waals surface area (Å²) >= 11 is 0. The van der Waals surface area contributed by atoms with Gasteiger partial charge in [-0.1, -0.05) is 66.7 Å². The number of carbonyl (C=O) groups excluding carboxylic acids is 1. The van der Waals surface area contributed by atoms with Crippen molar-refractivity contribution in [1.82, 2.24) is 15.0 Å². The van der Waals surface area contributed by atoms with Crippen molar-refractivity contribution >= 4 is 17.0 Å². The molecule has 0 amide bonds. The Labute approximate surface area is 195 Å². The van der Waals surface area contributed by atoms with Gasteiger partial charge in [-0.05, 0) is 66.6 Å². The number of nitrogens with zero attached hydrogens (tertiary/aromatic N) is 3. The van der Waals surface area contributed by atoms with Crippen molar-refractivity contribution in [2.75, 3.05) is 0 Å². The van der Waals surface area contributed by atoms with Crippen molar-refractivity contribution in [3.8, 4) is 0 Å². The lowest BCUT2D eigenvalue weighted by molar-refractivity contribution is -0.145. The average Bonchev–Trinajstić information content (AvgIpc) is 3.27. The van der Waals surface area contributed by atoms with Gasteiger partial charge < -0.3 is 4.74 Å². The molecule has 0 aliphatic rings. The van der Waals surface area contributed by atoms with E-state index in [2.05, 4.69) is 68.3 Å². The van der Waals surface area contributed by atoms with Gasteiger partial charge >= 0.3 is 5.97 Å². The number of rotatable bonds is 8. The molecule has 0 saturated carbocycles. The Kier molecular flexibility index (Phi) is 6.87. The summed E-state index contributed by atoms with van der Waals surface area (Å²) in [5, 5.41) is 8.71. The second kappa shape index (κ2) is 9.99. The monoisotopic (exact) mass is 441 g/mol. The third-order valence-electron chi connectivity index (χ3n) is 6.43. The third-order valence-corrected chi connectivity index (χ3v) is 6.43. The van der Waals surface area contributed by atoms with E-state index in [4.69, 9.17) is 4.74 Å². The Hall–Kier alpha value is -3.47. The summed E-state index contributed by atoms with van der Waals surface area (Å²) in [5.74, 6) is -0.325. The third kappa shape index (κ3) is 4.82. The first kappa shape index (κ1) is 22.7. The quantitative estimate of drug-likeness (QED) is 0.320.